The molecule has 1 aliphatic carbocycles. The molecule has 2 atom stereocenters. The summed E-state index contributed by atoms with van der Waals surface area (Å²) >= 11 is 2.08. The highest BCUT2D eigenvalue weighted by molar-refractivity contribution is 7.99. The second-order valence-corrected chi connectivity index (χ2v) is 8.85. The number of nitrogens with two attached hydrogens (primary N) is 1. The van der Waals surface area contributed by atoms with E-state index in [0.29, 0.717) is 12.0 Å². The summed E-state index contributed by atoms with van der Waals surface area (Å²) in [6, 6.07) is 0.311. The van der Waals surface area contributed by atoms with Gasteiger partial charge in [-0.25, -0.2) is 0 Å². The highest BCUT2D eigenvalue weighted by Gasteiger charge is 2.48. The summed E-state index contributed by atoms with van der Waals surface area (Å²) in [6.45, 7) is 0.923. The first-order chi connectivity index (χ1) is 10.1. The van der Waals surface area contributed by atoms with Crippen molar-refractivity contribution in [1.82, 2.24) is 4.90 Å². The molecule has 4 heteroatoms. The van der Waals surface area contributed by atoms with Crippen LogP contribution in [0.15, 0.2) is 0 Å². The molecule has 3 rings (SSSR count). The SMILES string of the molecule is CN(C)C1(C(N)C2CCOC3(CCSCC3)C2)CCCC1. The number of thioether (sulfide) groups is 1. The van der Waals surface area contributed by atoms with Crippen molar-refractivity contribution < 1.29 is 4.74 Å². The minimum atomic E-state index is 0.165. The Morgan fingerprint density at radius 3 is 2.43 bits per heavy atom. The third kappa shape index (κ3) is 3.01. The van der Waals surface area contributed by atoms with Gasteiger partial charge in [-0.1, -0.05) is 12.8 Å². The molecule has 1 saturated carbocycles. The van der Waals surface area contributed by atoms with Crippen LogP contribution in [-0.4, -0.2) is 54.3 Å². The van der Waals surface area contributed by atoms with E-state index in [1.54, 1.807) is 0 Å². The molecule has 0 bridgehead atoms. The van der Waals surface area contributed by atoms with Crippen molar-refractivity contribution in [3.05, 3.63) is 0 Å². The van der Waals surface area contributed by atoms with Gasteiger partial charge in [0.15, 0.2) is 0 Å². The van der Waals surface area contributed by atoms with E-state index >= 15 is 0 Å². The van der Waals surface area contributed by atoms with Gasteiger partial charge in [-0.05, 0) is 70.0 Å². The second kappa shape index (κ2) is 6.38. The van der Waals surface area contributed by atoms with Gasteiger partial charge in [0.1, 0.15) is 0 Å². The number of rotatable bonds is 3. The number of hydrogen-bond acceptors (Lipinski definition) is 4. The van der Waals surface area contributed by atoms with E-state index in [9.17, 15) is 0 Å². The van der Waals surface area contributed by atoms with Gasteiger partial charge in [-0.15, -0.1) is 0 Å². The van der Waals surface area contributed by atoms with Gasteiger partial charge in [0.25, 0.3) is 0 Å². The number of ether oxygens (including phenoxy) is 1. The standard InChI is InChI=1S/C17H32N2OS/c1-19(2)17(6-3-4-7-17)15(18)14-5-10-20-16(13-14)8-11-21-12-9-16/h14-15H,3-13,18H2,1-2H3. The molecular weight excluding hydrogens is 280 g/mol. The monoisotopic (exact) mass is 312 g/mol. The Labute approximate surface area is 134 Å². The van der Waals surface area contributed by atoms with E-state index in [2.05, 4.69) is 30.8 Å². The lowest BCUT2D eigenvalue weighted by molar-refractivity contribution is -0.112. The highest BCUT2D eigenvalue weighted by atomic mass is 32.2. The Morgan fingerprint density at radius 1 is 1.14 bits per heavy atom. The van der Waals surface area contributed by atoms with Crippen LogP contribution >= 0.6 is 11.8 Å². The first-order valence-corrected chi connectivity index (χ1v) is 9.88. The van der Waals surface area contributed by atoms with Crippen LogP contribution in [0.25, 0.3) is 0 Å². The van der Waals surface area contributed by atoms with Gasteiger partial charge >= 0.3 is 0 Å². The van der Waals surface area contributed by atoms with Crippen LogP contribution in [0.1, 0.15) is 51.4 Å². The Balaban J connectivity index is 1.73. The summed E-state index contributed by atoms with van der Waals surface area (Å²) in [6.07, 6.45) is 10.1. The molecule has 2 unspecified atom stereocenters. The molecule has 2 saturated heterocycles. The third-order valence-electron chi connectivity index (χ3n) is 6.42. The number of hydrogen-bond donors (Lipinski definition) is 1. The molecule has 21 heavy (non-hydrogen) atoms. The Kier molecular flexibility index (Phi) is 4.90. The van der Waals surface area contributed by atoms with E-state index in [1.807, 2.05) is 0 Å². The van der Waals surface area contributed by atoms with Gasteiger partial charge in [-0.3, -0.25) is 0 Å². The summed E-state index contributed by atoms with van der Waals surface area (Å²) in [4.78, 5) is 2.43. The molecule has 0 radical (unpaired) electrons. The zero-order valence-electron chi connectivity index (χ0n) is 13.8. The molecule has 1 spiro atoms. The fourth-order valence-corrected chi connectivity index (χ4v) is 6.21. The maximum absolute atomic E-state index is 6.88. The van der Waals surface area contributed by atoms with Crippen LogP contribution in [0.5, 0.6) is 0 Å². The van der Waals surface area contributed by atoms with Crippen molar-refractivity contribution in [1.29, 1.82) is 0 Å². The van der Waals surface area contributed by atoms with Crippen LogP contribution < -0.4 is 5.73 Å². The van der Waals surface area contributed by atoms with Gasteiger partial charge in [0.05, 0.1) is 5.60 Å². The molecule has 3 aliphatic rings. The molecule has 0 aromatic rings. The van der Waals surface area contributed by atoms with E-state index in [0.717, 1.165) is 13.0 Å². The van der Waals surface area contributed by atoms with Gasteiger partial charge in [0.2, 0.25) is 0 Å². The first kappa shape index (κ1) is 16.1. The summed E-state index contributed by atoms with van der Waals surface area (Å²) < 4.78 is 6.26. The van der Waals surface area contributed by atoms with Gasteiger partial charge < -0.3 is 15.4 Å². The predicted molar refractivity (Wildman–Crippen MR) is 90.8 cm³/mol. The van der Waals surface area contributed by atoms with Crippen LogP contribution in [0.4, 0.5) is 0 Å². The fourth-order valence-electron chi connectivity index (χ4n) is 4.97. The van der Waals surface area contributed by atoms with Crippen LogP contribution in [0.3, 0.4) is 0 Å². The summed E-state index contributed by atoms with van der Waals surface area (Å²) in [5, 5.41) is 0. The van der Waals surface area contributed by atoms with E-state index in [4.69, 9.17) is 10.5 Å². The lowest BCUT2D eigenvalue weighted by atomic mass is 9.72. The van der Waals surface area contributed by atoms with Gasteiger partial charge in [-0.2, -0.15) is 11.8 Å². The topological polar surface area (TPSA) is 38.5 Å². The van der Waals surface area contributed by atoms with Crippen LogP contribution in [-0.2, 0) is 4.74 Å². The fraction of sp³-hybridized carbons (Fsp3) is 1.00. The van der Waals surface area contributed by atoms with Crippen molar-refractivity contribution in [2.75, 3.05) is 32.2 Å². The Morgan fingerprint density at radius 2 is 1.81 bits per heavy atom. The maximum atomic E-state index is 6.88. The molecule has 0 aromatic carbocycles. The van der Waals surface area contributed by atoms with Crippen LogP contribution in [0.2, 0.25) is 0 Å². The normalized spacial score (nSPS) is 33.4. The molecule has 0 aromatic heterocycles. The minimum absolute atomic E-state index is 0.165. The predicted octanol–water partition coefficient (Wildman–Crippen LogP) is 2.88. The quantitative estimate of drug-likeness (QED) is 0.870. The Hall–Kier alpha value is 0.230. The van der Waals surface area contributed by atoms with Crippen molar-refractivity contribution in [3.8, 4) is 0 Å². The molecule has 122 valence electrons. The van der Waals surface area contributed by atoms with E-state index in [1.165, 1.54) is 56.5 Å². The molecule has 2 heterocycles. The molecular formula is C17H32N2OS. The zero-order chi connectivity index (χ0) is 14.9. The summed E-state index contributed by atoms with van der Waals surface area (Å²) in [7, 11) is 4.47. The highest BCUT2D eigenvalue weighted by Crippen LogP contribution is 2.45. The van der Waals surface area contributed by atoms with E-state index < -0.39 is 0 Å². The zero-order valence-corrected chi connectivity index (χ0v) is 14.6. The molecule has 2 N–H and O–H groups in total. The van der Waals surface area contributed by atoms with Gasteiger partial charge in [0, 0.05) is 18.2 Å². The van der Waals surface area contributed by atoms with Crippen molar-refractivity contribution >= 4 is 11.8 Å². The minimum Gasteiger partial charge on any atom is -0.375 e. The average Bonchev–Trinajstić information content (AvgIpc) is 2.98. The summed E-state index contributed by atoms with van der Waals surface area (Å²) in [5.41, 5.74) is 7.28. The smallest absolute Gasteiger partial charge is 0.0701 e. The lowest BCUT2D eigenvalue weighted by Gasteiger charge is -2.50. The average molecular weight is 313 g/mol. The number of nitrogens with zero attached hydrogens (tertiary/aromatic N) is 1. The maximum Gasteiger partial charge on any atom is 0.0701 e. The van der Waals surface area contributed by atoms with Crippen molar-refractivity contribution in [3.63, 3.8) is 0 Å². The first-order valence-electron chi connectivity index (χ1n) is 8.73. The van der Waals surface area contributed by atoms with Crippen molar-refractivity contribution in [2.45, 2.75) is 68.5 Å². The molecule has 3 fully saturated rings. The second-order valence-electron chi connectivity index (χ2n) is 7.63. The van der Waals surface area contributed by atoms with E-state index in [-0.39, 0.29) is 11.1 Å². The van der Waals surface area contributed by atoms with Crippen LogP contribution in [0, 0.1) is 5.92 Å². The Bertz CT molecular complexity index is 343. The summed E-state index contributed by atoms with van der Waals surface area (Å²) in [5.74, 6) is 3.17. The number of likely N-dealkylation sites (N-methyl/N-ethyl adjacent to an activating group) is 1. The van der Waals surface area contributed by atoms with Crippen molar-refractivity contribution in [2.24, 2.45) is 11.7 Å². The largest absolute Gasteiger partial charge is 0.375 e. The molecule has 2 aliphatic heterocycles. The molecule has 0 amide bonds. The third-order valence-corrected chi connectivity index (χ3v) is 7.41. The lowest BCUT2D eigenvalue weighted by Crippen LogP contribution is -2.61. The molecule has 3 nitrogen and oxygen atoms in total.